The Bertz CT molecular complexity index is 1790. The number of aliphatic carboxylic acids is 1. The fourth-order valence-corrected chi connectivity index (χ4v) is 5.56. The zero-order chi connectivity index (χ0) is 37.0. The predicted octanol–water partition coefficient (Wildman–Crippen LogP) is 2.98. The number of amides is 4. The lowest BCUT2D eigenvalue weighted by atomic mass is 10.0. The quantitative estimate of drug-likeness (QED) is 0.0925. The highest BCUT2D eigenvalue weighted by molar-refractivity contribution is 5.96. The summed E-state index contributed by atoms with van der Waals surface area (Å²) in [4.78, 5) is 69.1. The molecule has 0 aliphatic heterocycles. The minimum absolute atomic E-state index is 0.0209. The molecule has 0 saturated heterocycles. The minimum Gasteiger partial charge on any atom is -0.481 e. The molecule has 4 rings (SSSR count). The molecule has 0 aliphatic rings. The number of carbonyl (C=O) groups excluding carboxylic acids is 4. The molecule has 270 valence electrons. The molecule has 0 radical (unpaired) electrons. The molecule has 0 fully saturated rings. The van der Waals surface area contributed by atoms with Crippen molar-refractivity contribution in [2.24, 2.45) is 5.73 Å². The van der Waals surface area contributed by atoms with E-state index < -0.39 is 66.0 Å². The molecule has 0 aliphatic carbocycles. The van der Waals surface area contributed by atoms with Gasteiger partial charge in [0.25, 0.3) is 0 Å². The number of para-hydroxylation sites is 1. The summed E-state index contributed by atoms with van der Waals surface area (Å²) in [6, 6.07) is 21.8. The highest BCUT2D eigenvalue weighted by atomic mass is 16.6. The fourth-order valence-electron chi connectivity index (χ4n) is 5.56. The van der Waals surface area contributed by atoms with Crippen LogP contribution in [-0.2, 0) is 43.2 Å². The van der Waals surface area contributed by atoms with E-state index in [4.69, 9.17) is 10.5 Å². The zero-order valence-electron chi connectivity index (χ0n) is 29.0. The first-order valence-corrected chi connectivity index (χ1v) is 16.8. The Balaban J connectivity index is 1.61. The van der Waals surface area contributed by atoms with Crippen LogP contribution in [-0.4, -0.2) is 76.2 Å². The number of rotatable bonds is 16. The molecule has 13 heteroatoms. The molecule has 4 amide bonds. The Morgan fingerprint density at radius 1 is 0.706 bits per heavy atom. The third-order valence-electron chi connectivity index (χ3n) is 7.99. The maximum atomic E-state index is 14.2. The molecule has 1 heterocycles. The normalized spacial score (nSPS) is 13.6. The number of carboxylic acids is 1. The van der Waals surface area contributed by atoms with E-state index in [1.807, 2.05) is 84.9 Å². The molecule has 0 unspecified atom stereocenters. The molecule has 8 N–H and O–H groups in total. The lowest BCUT2D eigenvalue weighted by molar-refractivity contribution is -0.140. The van der Waals surface area contributed by atoms with Crippen molar-refractivity contribution in [1.82, 2.24) is 26.3 Å². The Kier molecular flexibility index (Phi) is 13.3. The van der Waals surface area contributed by atoms with Crippen molar-refractivity contribution in [3.05, 3.63) is 108 Å². The summed E-state index contributed by atoms with van der Waals surface area (Å²) >= 11 is 0. The lowest BCUT2D eigenvalue weighted by Gasteiger charge is -2.27. The number of carbonyl (C=O) groups is 5. The van der Waals surface area contributed by atoms with Gasteiger partial charge in [-0.05, 0) is 49.9 Å². The van der Waals surface area contributed by atoms with Gasteiger partial charge in [0.1, 0.15) is 23.7 Å². The first-order valence-electron chi connectivity index (χ1n) is 16.8. The third-order valence-corrected chi connectivity index (χ3v) is 7.99. The van der Waals surface area contributed by atoms with Crippen LogP contribution in [0.4, 0.5) is 4.79 Å². The average Bonchev–Trinajstić information content (AvgIpc) is 3.49. The van der Waals surface area contributed by atoms with Gasteiger partial charge < -0.3 is 41.8 Å². The minimum atomic E-state index is -1.57. The van der Waals surface area contributed by atoms with E-state index in [2.05, 4.69) is 26.3 Å². The number of benzene rings is 3. The first kappa shape index (κ1) is 38.1. The van der Waals surface area contributed by atoms with Crippen molar-refractivity contribution in [3.63, 3.8) is 0 Å². The molecule has 3 aromatic carbocycles. The number of aromatic nitrogens is 1. The first-order chi connectivity index (χ1) is 24.3. The number of fused-ring (bicyclic) bond motifs is 1. The van der Waals surface area contributed by atoms with Gasteiger partial charge in [0.05, 0.1) is 6.42 Å². The summed E-state index contributed by atoms with van der Waals surface area (Å²) in [5, 5.41) is 21.1. The fraction of sp³-hybridized carbons (Fsp3) is 0.342. The van der Waals surface area contributed by atoms with Gasteiger partial charge in [-0.2, -0.15) is 0 Å². The van der Waals surface area contributed by atoms with Crippen LogP contribution in [0.3, 0.4) is 0 Å². The van der Waals surface area contributed by atoms with E-state index in [1.54, 1.807) is 27.0 Å². The Morgan fingerprint density at radius 3 is 1.82 bits per heavy atom. The standard InChI is InChI=1S/C38H46N6O7/c1-38(2,3)51-37(50)44-32(21-33(45)46)36(49)43-31(20-26-23-40-29-17-11-10-16-28(26)29)35(48)42-30(19-25-14-8-5-9-15-25)34(47)41-27(22-39)18-24-12-6-4-7-13-24/h4-17,23,27,30-32,40H,18-22,39H2,1-3H3,(H,41,47)(H,42,48)(H,43,49)(H,44,50)(H,45,46)/t27-,30+,31+,32+/m1/s1. The molecule has 51 heavy (non-hydrogen) atoms. The van der Waals surface area contributed by atoms with Crippen molar-refractivity contribution >= 4 is 40.7 Å². The topological polar surface area (TPSA) is 205 Å². The molecular weight excluding hydrogens is 652 g/mol. The van der Waals surface area contributed by atoms with Crippen LogP contribution in [0.25, 0.3) is 10.9 Å². The van der Waals surface area contributed by atoms with Crippen LogP contribution in [0.1, 0.15) is 43.9 Å². The number of H-pyrrole nitrogens is 1. The SMILES string of the molecule is CC(C)(C)OC(=O)N[C@@H](CC(=O)O)C(=O)N[C@@H](Cc1c[nH]c2ccccc12)C(=O)N[C@@H](Cc1ccccc1)C(=O)N[C@@H](CN)Cc1ccccc1. The predicted molar refractivity (Wildman–Crippen MR) is 193 cm³/mol. The number of ether oxygens (including phenoxy) is 1. The van der Waals surface area contributed by atoms with Gasteiger partial charge in [-0.25, -0.2) is 4.79 Å². The molecule has 0 spiro atoms. The largest absolute Gasteiger partial charge is 0.481 e. The van der Waals surface area contributed by atoms with Crippen molar-refractivity contribution in [2.45, 2.75) is 76.2 Å². The number of nitrogens with two attached hydrogens (primary N) is 1. The van der Waals surface area contributed by atoms with E-state index in [0.717, 1.165) is 22.0 Å². The highest BCUT2D eigenvalue weighted by Gasteiger charge is 2.33. The second kappa shape index (κ2) is 17.8. The van der Waals surface area contributed by atoms with Crippen LogP contribution < -0.4 is 27.0 Å². The number of alkyl carbamates (subject to hydrolysis) is 1. The molecular formula is C38H46N6O7. The summed E-state index contributed by atoms with van der Waals surface area (Å²) in [7, 11) is 0. The monoisotopic (exact) mass is 698 g/mol. The van der Waals surface area contributed by atoms with Gasteiger partial charge >= 0.3 is 12.1 Å². The molecule has 1 aromatic heterocycles. The van der Waals surface area contributed by atoms with Crippen molar-refractivity contribution in [2.75, 3.05) is 6.54 Å². The van der Waals surface area contributed by atoms with E-state index in [-0.39, 0.29) is 19.4 Å². The summed E-state index contributed by atoms with van der Waals surface area (Å²) in [6.45, 7) is 5.03. The summed E-state index contributed by atoms with van der Waals surface area (Å²) in [5.74, 6) is -3.43. The zero-order valence-corrected chi connectivity index (χ0v) is 29.0. The van der Waals surface area contributed by atoms with E-state index >= 15 is 0 Å². The summed E-state index contributed by atoms with van der Waals surface area (Å²) in [5.41, 5.74) is 8.39. The second-order valence-corrected chi connectivity index (χ2v) is 13.3. The number of hydrogen-bond acceptors (Lipinski definition) is 7. The van der Waals surface area contributed by atoms with Crippen molar-refractivity contribution in [1.29, 1.82) is 0 Å². The molecule has 4 aromatic rings. The lowest BCUT2D eigenvalue weighted by Crippen LogP contribution is -2.59. The summed E-state index contributed by atoms with van der Waals surface area (Å²) in [6.07, 6.45) is 0.543. The van der Waals surface area contributed by atoms with Gasteiger partial charge in [-0.15, -0.1) is 0 Å². The smallest absolute Gasteiger partial charge is 0.408 e. The Labute approximate surface area is 296 Å². The van der Waals surface area contributed by atoms with Gasteiger partial charge in [0, 0.05) is 42.5 Å². The van der Waals surface area contributed by atoms with Gasteiger partial charge in [-0.1, -0.05) is 78.9 Å². The Hall–Kier alpha value is -5.69. The van der Waals surface area contributed by atoms with E-state index in [9.17, 15) is 29.1 Å². The van der Waals surface area contributed by atoms with Crippen LogP contribution in [0.2, 0.25) is 0 Å². The van der Waals surface area contributed by atoms with Gasteiger partial charge in [-0.3, -0.25) is 19.2 Å². The van der Waals surface area contributed by atoms with Crippen LogP contribution in [0.5, 0.6) is 0 Å². The molecule has 13 nitrogen and oxygen atoms in total. The second-order valence-electron chi connectivity index (χ2n) is 13.3. The molecule has 0 saturated carbocycles. The van der Waals surface area contributed by atoms with E-state index in [1.165, 1.54) is 0 Å². The van der Waals surface area contributed by atoms with Crippen LogP contribution in [0, 0.1) is 0 Å². The number of nitrogens with one attached hydrogen (secondary N) is 5. The van der Waals surface area contributed by atoms with Crippen molar-refractivity contribution in [3.8, 4) is 0 Å². The summed E-state index contributed by atoms with van der Waals surface area (Å²) < 4.78 is 5.24. The maximum absolute atomic E-state index is 14.2. The molecule has 0 bridgehead atoms. The Morgan fingerprint density at radius 2 is 1.24 bits per heavy atom. The number of carboxylic acid groups (broad SMARTS) is 1. The van der Waals surface area contributed by atoms with Crippen LogP contribution in [0.15, 0.2) is 91.1 Å². The van der Waals surface area contributed by atoms with E-state index in [0.29, 0.717) is 12.0 Å². The van der Waals surface area contributed by atoms with Gasteiger partial charge in [0.2, 0.25) is 17.7 Å². The molecule has 4 atom stereocenters. The van der Waals surface area contributed by atoms with Crippen LogP contribution >= 0.6 is 0 Å². The van der Waals surface area contributed by atoms with Crippen molar-refractivity contribution < 1.29 is 33.8 Å². The third kappa shape index (κ3) is 12.0. The average molecular weight is 699 g/mol. The highest BCUT2D eigenvalue weighted by Crippen LogP contribution is 2.20. The number of aromatic amines is 1. The van der Waals surface area contributed by atoms with Gasteiger partial charge in [0.15, 0.2) is 0 Å². The maximum Gasteiger partial charge on any atom is 0.408 e. The number of hydrogen-bond donors (Lipinski definition) is 7.